The highest BCUT2D eigenvalue weighted by atomic mass is 16.2. The van der Waals surface area contributed by atoms with Crippen molar-refractivity contribution < 1.29 is 4.79 Å². The van der Waals surface area contributed by atoms with Crippen molar-refractivity contribution in [3.63, 3.8) is 0 Å². The Hall–Kier alpha value is -2.99. The molecule has 2 heterocycles. The second-order valence-corrected chi connectivity index (χ2v) is 8.35. The molecule has 0 unspecified atom stereocenters. The number of likely N-dealkylation sites (N-methyl/N-ethyl adjacent to an activating group) is 1. The monoisotopic (exact) mass is 418 g/mol. The minimum Gasteiger partial charge on any atom is -0.341 e. The molecule has 1 fully saturated rings. The molecule has 1 aliphatic heterocycles. The zero-order valence-electron chi connectivity index (χ0n) is 18.1. The number of para-hydroxylation sites is 1. The molecule has 162 valence electrons. The Morgan fingerprint density at radius 2 is 1.87 bits per heavy atom. The maximum atomic E-state index is 12.8. The summed E-state index contributed by atoms with van der Waals surface area (Å²) in [5.74, 6) is 0.0787. The largest absolute Gasteiger partial charge is 0.341 e. The molecule has 0 spiro atoms. The number of hydrogen-bond acceptors (Lipinski definition) is 4. The molecule has 0 bridgehead atoms. The summed E-state index contributed by atoms with van der Waals surface area (Å²) in [4.78, 5) is 34.2. The first-order valence-electron chi connectivity index (χ1n) is 11.1. The van der Waals surface area contributed by atoms with Gasteiger partial charge in [0, 0.05) is 39.1 Å². The van der Waals surface area contributed by atoms with Crippen LogP contribution in [0.4, 0.5) is 0 Å². The molecule has 0 radical (unpaired) electrons. The van der Waals surface area contributed by atoms with E-state index < -0.39 is 0 Å². The van der Waals surface area contributed by atoms with Gasteiger partial charge in [-0.2, -0.15) is 0 Å². The third-order valence-electron chi connectivity index (χ3n) is 6.28. The Morgan fingerprint density at radius 3 is 2.71 bits per heavy atom. The number of aromatic nitrogens is 2. The highest BCUT2D eigenvalue weighted by Gasteiger charge is 2.25. The van der Waals surface area contributed by atoms with Gasteiger partial charge in [-0.3, -0.25) is 14.2 Å². The predicted molar refractivity (Wildman–Crippen MR) is 123 cm³/mol. The lowest BCUT2D eigenvalue weighted by Gasteiger charge is -2.37. The molecular formula is C25H30N4O2. The number of amides is 1. The van der Waals surface area contributed by atoms with Crippen LogP contribution in [-0.2, 0) is 17.8 Å². The first-order chi connectivity index (χ1) is 15.1. The van der Waals surface area contributed by atoms with E-state index in [2.05, 4.69) is 34.1 Å². The van der Waals surface area contributed by atoms with Gasteiger partial charge in [0.15, 0.2) is 0 Å². The number of rotatable bonds is 7. The standard InChI is InChI=1S/C25H30N4O2/c1-27(21-10-7-15-28(18-21)16-13-20-8-3-2-4-9-20)24(30)14-17-29-19-26-23-12-6-5-11-22(23)25(29)31/h2-6,8-9,11-12,19,21H,7,10,13-18H2,1H3/t21-/m0/s1. The number of likely N-dealkylation sites (tertiary alicyclic amines) is 1. The summed E-state index contributed by atoms with van der Waals surface area (Å²) < 4.78 is 1.54. The van der Waals surface area contributed by atoms with Gasteiger partial charge in [0.05, 0.1) is 17.2 Å². The lowest BCUT2D eigenvalue weighted by molar-refractivity contribution is -0.133. The number of benzene rings is 2. The Labute approximate surface area is 183 Å². The van der Waals surface area contributed by atoms with E-state index in [-0.39, 0.29) is 17.5 Å². The minimum atomic E-state index is -0.0918. The van der Waals surface area contributed by atoms with Gasteiger partial charge in [0.1, 0.15) is 0 Å². The summed E-state index contributed by atoms with van der Waals surface area (Å²) in [6.45, 7) is 3.36. The molecule has 31 heavy (non-hydrogen) atoms. The number of carbonyl (C=O) groups excluding carboxylic acids is 1. The van der Waals surface area contributed by atoms with Gasteiger partial charge in [-0.05, 0) is 43.5 Å². The van der Waals surface area contributed by atoms with Crippen molar-refractivity contribution in [2.45, 2.75) is 38.3 Å². The van der Waals surface area contributed by atoms with Crippen LogP contribution in [-0.4, -0.2) is 58.0 Å². The highest BCUT2D eigenvalue weighted by molar-refractivity contribution is 5.77. The van der Waals surface area contributed by atoms with Crippen LogP contribution in [0.15, 0.2) is 65.7 Å². The van der Waals surface area contributed by atoms with Gasteiger partial charge in [-0.15, -0.1) is 0 Å². The normalized spacial score (nSPS) is 17.0. The van der Waals surface area contributed by atoms with E-state index in [4.69, 9.17) is 0 Å². The van der Waals surface area contributed by atoms with E-state index in [1.807, 2.05) is 36.2 Å². The molecule has 2 aromatic carbocycles. The van der Waals surface area contributed by atoms with Crippen LogP contribution in [0, 0.1) is 0 Å². The van der Waals surface area contributed by atoms with Crippen molar-refractivity contribution >= 4 is 16.8 Å². The van der Waals surface area contributed by atoms with Crippen molar-refractivity contribution in [2.75, 3.05) is 26.7 Å². The number of aryl methyl sites for hydroxylation is 1. The lowest BCUT2D eigenvalue weighted by Crippen LogP contribution is -2.49. The van der Waals surface area contributed by atoms with E-state index in [9.17, 15) is 9.59 Å². The summed E-state index contributed by atoms with van der Waals surface area (Å²) in [7, 11) is 1.90. The summed E-state index contributed by atoms with van der Waals surface area (Å²) in [5, 5.41) is 0.590. The molecule has 1 atom stereocenters. The van der Waals surface area contributed by atoms with Gasteiger partial charge in [-0.1, -0.05) is 42.5 Å². The van der Waals surface area contributed by atoms with Crippen LogP contribution >= 0.6 is 0 Å². The molecule has 0 saturated carbocycles. The average molecular weight is 419 g/mol. The van der Waals surface area contributed by atoms with Crippen LogP contribution in [0.25, 0.3) is 10.9 Å². The van der Waals surface area contributed by atoms with Crippen molar-refractivity contribution in [1.29, 1.82) is 0 Å². The Bertz CT molecular complexity index is 1080. The Balaban J connectivity index is 1.31. The molecule has 4 rings (SSSR count). The minimum absolute atomic E-state index is 0.0787. The van der Waals surface area contributed by atoms with Crippen LogP contribution in [0.1, 0.15) is 24.8 Å². The molecule has 0 N–H and O–H groups in total. The molecule has 6 heteroatoms. The highest BCUT2D eigenvalue weighted by Crippen LogP contribution is 2.16. The van der Waals surface area contributed by atoms with Crippen molar-refractivity contribution in [3.8, 4) is 0 Å². The third-order valence-corrected chi connectivity index (χ3v) is 6.28. The maximum Gasteiger partial charge on any atom is 0.261 e. The van der Waals surface area contributed by atoms with Crippen LogP contribution in [0.2, 0.25) is 0 Å². The lowest BCUT2D eigenvalue weighted by atomic mass is 10.0. The van der Waals surface area contributed by atoms with Crippen molar-refractivity contribution in [1.82, 2.24) is 19.4 Å². The number of nitrogens with zero attached hydrogens (tertiary/aromatic N) is 4. The first kappa shape index (κ1) is 21.2. The second-order valence-electron chi connectivity index (χ2n) is 8.35. The molecule has 1 amide bonds. The summed E-state index contributed by atoms with van der Waals surface area (Å²) in [6, 6.07) is 18.1. The second kappa shape index (κ2) is 9.88. The SMILES string of the molecule is CN(C(=O)CCn1cnc2ccccc2c1=O)[C@H]1CCCN(CCc2ccccc2)C1. The average Bonchev–Trinajstić information content (AvgIpc) is 2.82. The van der Waals surface area contributed by atoms with Gasteiger partial charge in [0.25, 0.3) is 5.56 Å². The number of fused-ring (bicyclic) bond motifs is 1. The maximum absolute atomic E-state index is 12.8. The van der Waals surface area contributed by atoms with Gasteiger partial charge in [0.2, 0.25) is 5.91 Å². The quantitative estimate of drug-likeness (QED) is 0.592. The predicted octanol–water partition coefficient (Wildman–Crippen LogP) is 2.95. The Kier molecular flexibility index (Phi) is 6.77. The zero-order chi connectivity index (χ0) is 21.6. The Morgan fingerprint density at radius 1 is 1.10 bits per heavy atom. The van der Waals surface area contributed by atoms with E-state index in [0.29, 0.717) is 23.9 Å². The molecule has 1 saturated heterocycles. The summed E-state index contributed by atoms with van der Waals surface area (Å²) >= 11 is 0. The number of carbonyl (C=O) groups is 1. The van der Waals surface area contributed by atoms with Crippen molar-refractivity contribution in [3.05, 3.63) is 76.8 Å². The van der Waals surface area contributed by atoms with E-state index in [0.717, 1.165) is 38.9 Å². The summed E-state index contributed by atoms with van der Waals surface area (Å²) in [5.41, 5.74) is 1.94. The van der Waals surface area contributed by atoms with Crippen molar-refractivity contribution in [2.24, 2.45) is 0 Å². The fourth-order valence-electron chi connectivity index (χ4n) is 4.34. The van der Waals surface area contributed by atoms with Crippen LogP contribution < -0.4 is 5.56 Å². The molecule has 1 aromatic heterocycles. The van der Waals surface area contributed by atoms with Gasteiger partial charge >= 0.3 is 0 Å². The topological polar surface area (TPSA) is 58.4 Å². The molecule has 0 aliphatic carbocycles. The van der Waals surface area contributed by atoms with E-state index >= 15 is 0 Å². The van der Waals surface area contributed by atoms with E-state index in [1.54, 1.807) is 17.0 Å². The molecule has 1 aliphatic rings. The van der Waals surface area contributed by atoms with Crippen LogP contribution in [0.3, 0.4) is 0 Å². The van der Waals surface area contributed by atoms with Gasteiger partial charge in [-0.25, -0.2) is 4.98 Å². The van der Waals surface area contributed by atoms with Crippen LogP contribution in [0.5, 0.6) is 0 Å². The summed E-state index contributed by atoms with van der Waals surface area (Å²) in [6.07, 6.45) is 5.01. The third kappa shape index (κ3) is 5.20. The molecular weight excluding hydrogens is 388 g/mol. The number of hydrogen-bond donors (Lipinski definition) is 0. The molecule has 3 aromatic rings. The number of piperidine rings is 1. The van der Waals surface area contributed by atoms with E-state index in [1.165, 1.54) is 5.56 Å². The molecule has 6 nitrogen and oxygen atoms in total. The fourth-order valence-corrected chi connectivity index (χ4v) is 4.34. The first-order valence-corrected chi connectivity index (χ1v) is 11.1. The fraction of sp³-hybridized carbons (Fsp3) is 0.400. The van der Waals surface area contributed by atoms with Gasteiger partial charge < -0.3 is 9.80 Å². The smallest absolute Gasteiger partial charge is 0.261 e. The zero-order valence-corrected chi connectivity index (χ0v) is 18.1.